The second-order valence-electron chi connectivity index (χ2n) is 6.82. The molecule has 2 heterocycles. The summed E-state index contributed by atoms with van der Waals surface area (Å²) in [5.41, 5.74) is 3.91. The van der Waals surface area contributed by atoms with Gasteiger partial charge in [0, 0.05) is 29.0 Å². The maximum atomic E-state index is 5.86. The van der Waals surface area contributed by atoms with Crippen LogP contribution in [0.3, 0.4) is 0 Å². The Balaban J connectivity index is 1.35. The van der Waals surface area contributed by atoms with Crippen LogP contribution in [0.5, 0.6) is 5.75 Å². The second-order valence-corrected chi connectivity index (χ2v) is 6.82. The first kappa shape index (κ1) is 17.9. The SMILES string of the molecule is c1ccc(COc2ccc(Nc3ncnc4ccc(-c5ncc[nH]5)cc34)cc2)cc1. The van der Waals surface area contributed by atoms with E-state index in [1.165, 1.54) is 0 Å². The molecule has 146 valence electrons. The number of benzene rings is 3. The minimum Gasteiger partial charge on any atom is -0.489 e. The van der Waals surface area contributed by atoms with E-state index in [2.05, 4.69) is 25.3 Å². The van der Waals surface area contributed by atoms with Crippen molar-refractivity contribution in [2.75, 3.05) is 5.32 Å². The number of fused-ring (bicyclic) bond motifs is 1. The minimum atomic E-state index is 0.541. The summed E-state index contributed by atoms with van der Waals surface area (Å²) in [7, 11) is 0. The molecule has 0 unspecified atom stereocenters. The number of ether oxygens (including phenoxy) is 1. The smallest absolute Gasteiger partial charge is 0.141 e. The molecule has 6 nitrogen and oxygen atoms in total. The lowest BCUT2D eigenvalue weighted by Gasteiger charge is -2.11. The lowest BCUT2D eigenvalue weighted by atomic mass is 10.1. The molecule has 2 aromatic heterocycles. The summed E-state index contributed by atoms with van der Waals surface area (Å²) in [5.74, 6) is 2.37. The third kappa shape index (κ3) is 3.84. The number of nitrogens with one attached hydrogen (secondary N) is 2. The summed E-state index contributed by atoms with van der Waals surface area (Å²) in [6.45, 7) is 0.541. The highest BCUT2D eigenvalue weighted by Crippen LogP contribution is 2.28. The van der Waals surface area contributed by atoms with Crippen LogP contribution in [-0.4, -0.2) is 19.9 Å². The molecule has 0 saturated carbocycles. The lowest BCUT2D eigenvalue weighted by Crippen LogP contribution is -1.97. The van der Waals surface area contributed by atoms with Crippen molar-refractivity contribution in [1.29, 1.82) is 0 Å². The molecule has 0 aliphatic carbocycles. The molecule has 3 aromatic carbocycles. The lowest BCUT2D eigenvalue weighted by molar-refractivity contribution is 0.306. The largest absolute Gasteiger partial charge is 0.489 e. The molecule has 0 bridgehead atoms. The van der Waals surface area contributed by atoms with Crippen LogP contribution in [-0.2, 0) is 6.61 Å². The van der Waals surface area contributed by atoms with Crippen LogP contribution in [0.15, 0.2) is 91.5 Å². The highest BCUT2D eigenvalue weighted by molar-refractivity contribution is 5.93. The Labute approximate surface area is 173 Å². The molecule has 0 aliphatic heterocycles. The first-order valence-electron chi connectivity index (χ1n) is 9.63. The quantitative estimate of drug-likeness (QED) is 0.407. The molecule has 0 fully saturated rings. The summed E-state index contributed by atoms with van der Waals surface area (Å²) in [6, 6.07) is 24.0. The first-order chi connectivity index (χ1) is 14.8. The Kier molecular flexibility index (Phi) is 4.79. The molecule has 30 heavy (non-hydrogen) atoms. The minimum absolute atomic E-state index is 0.541. The molecule has 5 rings (SSSR count). The Morgan fingerprint density at radius 1 is 0.867 bits per heavy atom. The van der Waals surface area contributed by atoms with Crippen molar-refractivity contribution in [3.8, 4) is 17.1 Å². The summed E-state index contributed by atoms with van der Waals surface area (Å²) in [4.78, 5) is 16.3. The van der Waals surface area contributed by atoms with E-state index in [1.54, 1.807) is 12.5 Å². The van der Waals surface area contributed by atoms with E-state index in [9.17, 15) is 0 Å². The molecule has 2 N–H and O–H groups in total. The normalized spacial score (nSPS) is 10.8. The third-order valence-corrected chi connectivity index (χ3v) is 4.77. The van der Waals surface area contributed by atoms with Gasteiger partial charge in [-0.05, 0) is 48.0 Å². The zero-order valence-electron chi connectivity index (χ0n) is 16.1. The first-order valence-corrected chi connectivity index (χ1v) is 9.63. The van der Waals surface area contributed by atoms with Gasteiger partial charge in [0.15, 0.2) is 0 Å². The molecular weight excluding hydrogens is 374 g/mol. The van der Waals surface area contributed by atoms with Crippen molar-refractivity contribution in [2.24, 2.45) is 0 Å². The van der Waals surface area contributed by atoms with E-state index in [1.807, 2.05) is 79.0 Å². The van der Waals surface area contributed by atoms with Gasteiger partial charge in [0.25, 0.3) is 0 Å². The van der Waals surface area contributed by atoms with Gasteiger partial charge in [-0.2, -0.15) is 0 Å². The maximum Gasteiger partial charge on any atom is 0.141 e. The van der Waals surface area contributed by atoms with Crippen LogP contribution < -0.4 is 10.1 Å². The van der Waals surface area contributed by atoms with E-state index in [-0.39, 0.29) is 0 Å². The molecule has 0 atom stereocenters. The highest BCUT2D eigenvalue weighted by atomic mass is 16.5. The molecule has 0 radical (unpaired) electrons. The fourth-order valence-electron chi connectivity index (χ4n) is 3.24. The Morgan fingerprint density at radius 2 is 1.73 bits per heavy atom. The second kappa shape index (κ2) is 8.05. The van der Waals surface area contributed by atoms with Crippen molar-refractivity contribution in [1.82, 2.24) is 19.9 Å². The average Bonchev–Trinajstić information content (AvgIpc) is 3.34. The van der Waals surface area contributed by atoms with Crippen LogP contribution in [0.1, 0.15) is 5.56 Å². The Morgan fingerprint density at radius 3 is 2.53 bits per heavy atom. The van der Waals surface area contributed by atoms with E-state index in [0.29, 0.717) is 6.61 Å². The van der Waals surface area contributed by atoms with Crippen LogP contribution in [0.25, 0.3) is 22.3 Å². The van der Waals surface area contributed by atoms with Gasteiger partial charge in [-0.15, -0.1) is 0 Å². The summed E-state index contributed by atoms with van der Waals surface area (Å²) in [6.07, 6.45) is 5.11. The van der Waals surface area contributed by atoms with Gasteiger partial charge in [0.1, 0.15) is 30.3 Å². The van der Waals surface area contributed by atoms with Gasteiger partial charge < -0.3 is 15.0 Å². The van der Waals surface area contributed by atoms with Crippen LogP contribution in [0.2, 0.25) is 0 Å². The third-order valence-electron chi connectivity index (χ3n) is 4.77. The summed E-state index contributed by atoms with van der Waals surface area (Å²) in [5, 5.41) is 4.31. The molecule has 0 spiro atoms. The summed E-state index contributed by atoms with van der Waals surface area (Å²) >= 11 is 0. The molecule has 0 aliphatic rings. The van der Waals surface area contributed by atoms with Crippen molar-refractivity contribution in [3.63, 3.8) is 0 Å². The summed E-state index contributed by atoms with van der Waals surface area (Å²) < 4.78 is 5.86. The average molecular weight is 393 g/mol. The van der Waals surface area contributed by atoms with Gasteiger partial charge in [0.2, 0.25) is 0 Å². The topological polar surface area (TPSA) is 75.7 Å². The Bertz CT molecular complexity index is 1250. The van der Waals surface area contributed by atoms with Gasteiger partial charge in [-0.1, -0.05) is 30.3 Å². The van der Waals surface area contributed by atoms with Crippen LogP contribution in [0, 0.1) is 0 Å². The number of aromatic amines is 1. The number of hydrogen-bond donors (Lipinski definition) is 2. The number of imidazole rings is 1. The van der Waals surface area contributed by atoms with Gasteiger partial charge in [0.05, 0.1) is 5.52 Å². The van der Waals surface area contributed by atoms with Gasteiger partial charge in [-0.3, -0.25) is 0 Å². The Hall–Kier alpha value is -4.19. The maximum absolute atomic E-state index is 5.86. The molecular formula is C24H19N5O. The molecule has 0 saturated heterocycles. The highest BCUT2D eigenvalue weighted by Gasteiger charge is 2.08. The predicted molar refractivity (Wildman–Crippen MR) is 118 cm³/mol. The van der Waals surface area contributed by atoms with Gasteiger partial charge in [-0.25, -0.2) is 15.0 Å². The van der Waals surface area contributed by atoms with Crippen molar-refractivity contribution >= 4 is 22.4 Å². The van der Waals surface area contributed by atoms with E-state index < -0.39 is 0 Å². The van der Waals surface area contributed by atoms with E-state index in [0.717, 1.165) is 45.1 Å². The zero-order chi connectivity index (χ0) is 20.2. The number of H-pyrrole nitrogens is 1. The van der Waals surface area contributed by atoms with Crippen LogP contribution >= 0.6 is 0 Å². The van der Waals surface area contributed by atoms with Crippen molar-refractivity contribution < 1.29 is 4.74 Å². The van der Waals surface area contributed by atoms with Crippen molar-refractivity contribution in [2.45, 2.75) is 6.61 Å². The number of hydrogen-bond acceptors (Lipinski definition) is 5. The number of rotatable bonds is 6. The molecule has 6 heteroatoms. The fraction of sp³-hybridized carbons (Fsp3) is 0.0417. The molecule has 5 aromatic rings. The number of anilines is 2. The van der Waals surface area contributed by atoms with Gasteiger partial charge >= 0.3 is 0 Å². The van der Waals surface area contributed by atoms with Crippen LogP contribution in [0.4, 0.5) is 11.5 Å². The monoisotopic (exact) mass is 393 g/mol. The fourth-order valence-corrected chi connectivity index (χ4v) is 3.24. The zero-order valence-corrected chi connectivity index (χ0v) is 16.1. The van der Waals surface area contributed by atoms with Crippen molar-refractivity contribution in [3.05, 3.63) is 97.1 Å². The molecule has 0 amide bonds. The standard InChI is InChI=1S/C24H19N5O/c1-2-4-17(5-3-1)15-30-20-9-7-19(8-10-20)29-24-21-14-18(23-25-12-13-26-23)6-11-22(21)27-16-28-24/h1-14,16H,15H2,(H,25,26)(H,27,28,29). The predicted octanol–water partition coefficient (Wildman–Crippen LogP) is 5.34. The van der Waals surface area contributed by atoms with E-state index >= 15 is 0 Å². The number of nitrogens with zero attached hydrogens (tertiary/aromatic N) is 3. The number of aromatic nitrogens is 4. The van der Waals surface area contributed by atoms with E-state index in [4.69, 9.17) is 4.74 Å².